The summed E-state index contributed by atoms with van der Waals surface area (Å²) in [4.78, 5) is 11.5. The fourth-order valence-electron chi connectivity index (χ4n) is 2.58. The van der Waals surface area contributed by atoms with E-state index in [2.05, 4.69) is 0 Å². The molecule has 6 nitrogen and oxygen atoms in total. The van der Waals surface area contributed by atoms with E-state index in [1.54, 1.807) is 30.3 Å². The van der Waals surface area contributed by atoms with Crippen LogP contribution in [0.5, 0.6) is 11.5 Å². The molecule has 0 saturated heterocycles. The minimum atomic E-state index is -3.92. The minimum Gasteiger partial charge on any atom is -0.493 e. The molecule has 0 bridgehead atoms. The van der Waals surface area contributed by atoms with Gasteiger partial charge in [0.1, 0.15) is 0 Å². The number of benzene rings is 2. The number of hydrogen-bond donors (Lipinski definition) is 0. The molecule has 0 aliphatic carbocycles. The molecule has 2 aromatic carbocycles. The van der Waals surface area contributed by atoms with Crippen LogP contribution in [0.2, 0.25) is 0 Å². The number of rotatable bonds is 5. The van der Waals surface area contributed by atoms with Crippen LogP contribution in [0.3, 0.4) is 0 Å². The summed E-state index contributed by atoms with van der Waals surface area (Å²) in [6.45, 7) is 0. The Morgan fingerprint density at radius 3 is 2.17 bits per heavy atom. The van der Waals surface area contributed by atoms with E-state index in [0.717, 1.165) is 3.97 Å². The molecule has 3 aromatic rings. The molecule has 3 rings (SSSR count). The third kappa shape index (κ3) is 2.43. The van der Waals surface area contributed by atoms with Gasteiger partial charge in [-0.1, -0.05) is 18.2 Å². The lowest BCUT2D eigenvalue weighted by Crippen LogP contribution is -2.15. The van der Waals surface area contributed by atoms with Crippen molar-refractivity contribution in [3.8, 4) is 11.5 Å². The molecule has 1 heterocycles. The lowest BCUT2D eigenvalue weighted by Gasteiger charge is -2.11. The Morgan fingerprint density at radius 2 is 1.58 bits per heavy atom. The fourth-order valence-corrected chi connectivity index (χ4v) is 4.08. The summed E-state index contributed by atoms with van der Waals surface area (Å²) in [6, 6.07) is 12.6. The van der Waals surface area contributed by atoms with Gasteiger partial charge in [-0.25, -0.2) is 12.4 Å². The Hall–Kier alpha value is -2.80. The van der Waals surface area contributed by atoms with Crippen molar-refractivity contribution in [3.05, 3.63) is 54.2 Å². The van der Waals surface area contributed by atoms with E-state index >= 15 is 0 Å². The van der Waals surface area contributed by atoms with Gasteiger partial charge in [0.2, 0.25) is 0 Å². The first-order valence-electron chi connectivity index (χ1n) is 7.06. The first kappa shape index (κ1) is 16.1. The molecule has 0 N–H and O–H groups in total. The summed E-state index contributed by atoms with van der Waals surface area (Å²) < 4.78 is 37.4. The molecule has 7 heteroatoms. The van der Waals surface area contributed by atoms with Crippen LogP contribution < -0.4 is 9.47 Å². The average molecular weight is 345 g/mol. The molecule has 0 saturated carbocycles. The number of methoxy groups -OCH3 is 2. The average Bonchev–Trinajstić information content (AvgIpc) is 2.99. The van der Waals surface area contributed by atoms with Gasteiger partial charge in [-0.15, -0.1) is 0 Å². The maximum atomic E-state index is 13.0. The zero-order chi connectivity index (χ0) is 17.3. The van der Waals surface area contributed by atoms with Gasteiger partial charge in [-0.3, -0.25) is 4.79 Å². The molecule has 0 spiro atoms. The van der Waals surface area contributed by atoms with Gasteiger partial charge in [0.05, 0.1) is 30.3 Å². The third-order valence-corrected chi connectivity index (χ3v) is 5.45. The van der Waals surface area contributed by atoms with Gasteiger partial charge in [-0.2, -0.15) is 0 Å². The van der Waals surface area contributed by atoms with Crippen molar-refractivity contribution in [2.24, 2.45) is 0 Å². The lowest BCUT2D eigenvalue weighted by molar-refractivity contribution is 0.111. The topological polar surface area (TPSA) is 74.6 Å². The molecule has 0 aliphatic heterocycles. The monoisotopic (exact) mass is 345 g/mol. The highest BCUT2D eigenvalue weighted by Gasteiger charge is 2.24. The van der Waals surface area contributed by atoms with Crippen molar-refractivity contribution in [2.75, 3.05) is 14.2 Å². The maximum absolute atomic E-state index is 13.0. The normalized spacial score (nSPS) is 11.4. The second-order valence-electron chi connectivity index (χ2n) is 5.04. The van der Waals surface area contributed by atoms with Crippen molar-refractivity contribution in [1.29, 1.82) is 0 Å². The van der Waals surface area contributed by atoms with E-state index in [-0.39, 0.29) is 10.6 Å². The molecule has 0 amide bonds. The van der Waals surface area contributed by atoms with E-state index < -0.39 is 10.0 Å². The van der Waals surface area contributed by atoms with E-state index in [0.29, 0.717) is 28.7 Å². The van der Waals surface area contributed by atoms with Gasteiger partial charge >= 0.3 is 0 Å². The smallest absolute Gasteiger partial charge is 0.268 e. The number of aromatic nitrogens is 1. The van der Waals surface area contributed by atoms with Crippen LogP contribution in [0.1, 0.15) is 10.5 Å². The quantitative estimate of drug-likeness (QED) is 0.665. The van der Waals surface area contributed by atoms with E-state index in [4.69, 9.17) is 9.47 Å². The van der Waals surface area contributed by atoms with Crippen LogP contribution in [0.4, 0.5) is 0 Å². The number of carbonyl (C=O) groups is 1. The van der Waals surface area contributed by atoms with Gasteiger partial charge < -0.3 is 9.47 Å². The highest BCUT2D eigenvalue weighted by atomic mass is 32.2. The number of nitrogens with zero attached hydrogens (tertiary/aromatic N) is 1. The number of fused-ring (bicyclic) bond motifs is 1. The Morgan fingerprint density at radius 1 is 0.958 bits per heavy atom. The van der Waals surface area contributed by atoms with E-state index in [1.165, 1.54) is 32.4 Å². The standard InChI is InChI=1S/C17H15NO5S/c1-22-16-9-12-8-13(11-19)18(15(12)10-17(16)23-2)24(20,21)14-6-4-3-5-7-14/h3-11H,1-2H3. The van der Waals surface area contributed by atoms with Crippen LogP contribution >= 0.6 is 0 Å². The summed E-state index contributed by atoms with van der Waals surface area (Å²) in [6.07, 6.45) is 0.513. The second kappa shape index (κ2) is 6.01. The first-order valence-corrected chi connectivity index (χ1v) is 8.50. The summed E-state index contributed by atoms with van der Waals surface area (Å²) >= 11 is 0. The van der Waals surface area contributed by atoms with Crippen LogP contribution in [0.25, 0.3) is 10.9 Å². The van der Waals surface area contributed by atoms with E-state index in [1.807, 2.05) is 0 Å². The molecular formula is C17H15NO5S. The van der Waals surface area contributed by atoms with Crippen molar-refractivity contribution in [3.63, 3.8) is 0 Å². The van der Waals surface area contributed by atoms with Crippen molar-refractivity contribution in [2.45, 2.75) is 4.90 Å². The predicted molar refractivity (Wildman–Crippen MR) is 89.5 cm³/mol. The zero-order valence-corrected chi connectivity index (χ0v) is 13.9. The third-order valence-electron chi connectivity index (χ3n) is 3.69. The molecule has 0 radical (unpaired) electrons. The van der Waals surface area contributed by atoms with Gasteiger partial charge in [-0.05, 0) is 24.3 Å². The molecular weight excluding hydrogens is 330 g/mol. The van der Waals surface area contributed by atoms with Crippen molar-refractivity contribution >= 4 is 27.2 Å². The molecule has 1 aromatic heterocycles. The number of hydrogen-bond acceptors (Lipinski definition) is 5. The predicted octanol–water partition coefficient (Wildman–Crippen LogP) is 2.71. The summed E-state index contributed by atoms with van der Waals surface area (Å²) in [5.41, 5.74) is 0.378. The minimum absolute atomic E-state index is 0.0316. The van der Waals surface area contributed by atoms with E-state index in [9.17, 15) is 13.2 Å². The molecule has 0 aliphatic rings. The largest absolute Gasteiger partial charge is 0.493 e. The summed E-state index contributed by atoms with van der Waals surface area (Å²) in [7, 11) is -0.971. The van der Waals surface area contributed by atoms with Crippen LogP contribution in [-0.2, 0) is 10.0 Å². The number of aldehydes is 1. The second-order valence-corrected chi connectivity index (χ2v) is 6.82. The van der Waals surface area contributed by atoms with Crippen LogP contribution in [0.15, 0.2) is 53.4 Å². The molecule has 0 fully saturated rings. The van der Waals surface area contributed by atoms with Gasteiger partial charge in [0.15, 0.2) is 17.8 Å². The zero-order valence-electron chi connectivity index (χ0n) is 13.1. The Labute approximate surface area is 139 Å². The lowest BCUT2D eigenvalue weighted by atomic mass is 10.2. The highest BCUT2D eigenvalue weighted by molar-refractivity contribution is 7.90. The highest BCUT2D eigenvalue weighted by Crippen LogP contribution is 2.35. The molecule has 24 heavy (non-hydrogen) atoms. The van der Waals surface area contributed by atoms with Crippen LogP contribution in [-0.4, -0.2) is 32.9 Å². The summed E-state index contributed by atoms with van der Waals surface area (Å²) in [5, 5.41) is 0.564. The SMILES string of the molecule is COc1cc2cc(C=O)n(S(=O)(=O)c3ccccc3)c2cc1OC. The maximum Gasteiger partial charge on any atom is 0.268 e. The van der Waals surface area contributed by atoms with Crippen molar-refractivity contribution in [1.82, 2.24) is 3.97 Å². The molecule has 124 valence electrons. The molecule has 0 atom stereocenters. The number of ether oxygens (including phenoxy) is 2. The van der Waals surface area contributed by atoms with Gasteiger partial charge in [0.25, 0.3) is 10.0 Å². The Bertz CT molecular complexity index is 1010. The molecule has 0 unspecified atom stereocenters. The Kier molecular flexibility index (Phi) is 4.02. The van der Waals surface area contributed by atoms with Gasteiger partial charge in [0, 0.05) is 11.5 Å². The first-order chi connectivity index (χ1) is 11.5. The summed E-state index contributed by atoms with van der Waals surface area (Å²) in [5.74, 6) is 0.835. The Balaban J connectivity index is 2.37. The fraction of sp³-hybridized carbons (Fsp3) is 0.118. The van der Waals surface area contributed by atoms with Crippen molar-refractivity contribution < 1.29 is 22.7 Å². The number of carbonyl (C=O) groups excluding carboxylic acids is 1. The van der Waals surface area contributed by atoms with Crippen LogP contribution in [0, 0.1) is 0 Å².